The highest BCUT2D eigenvalue weighted by atomic mass is 16.3. The first-order valence-corrected chi connectivity index (χ1v) is 6.35. The van der Waals surface area contributed by atoms with Crippen molar-refractivity contribution in [1.29, 1.82) is 0 Å². The molecule has 0 aliphatic carbocycles. The summed E-state index contributed by atoms with van der Waals surface area (Å²) in [6.45, 7) is 4.01. The zero-order chi connectivity index (χ0) is 13.8. The van der Waals surface area contributed by atoms with Crippen LogP contribution in [0, 0.1) is 5.92 Å². The number of carbonyl (C=O) groups is 2. The van der Waals surface area contributed by atoms with E-state index < -0.39 is 6.04 Å². The number of nitrogens with one attached hydrogen (secondary N) is 1. The predicted molar refractivity (Wildman–Crippen MR) is 73.0 cm³/mol. The van der Waals surface area contributed by atoms with Crippen LogP contribution >= 0.6 is 0 Å². The van der Waals surface area contributed by atoms with Gasteiger partial charge in [-0.05, 0) is 24.5 Å². The molecule has 1 amide bonds. The third kappa shape index (κ3) is 3.22. The summed E-state index contributed by atoms with van der Waals surface area (Å²) in [6, 6.07) is 8.62. The number of furan rings is 1. The summed E-state index contributed by atoms with van der Waals surface area (Å²) in [6.07, 6.45) is 1.38. The van der Waals surface area contributed by atoms with Gasteiger partial charge in [0.05, 0.1) is 6.04 Å². The molecule has 0 saturated heterocycles. The van der Waals surface area contributed by atoms with Crippen LogP contribution in [0.5, 0.6) is 0 Å². The van der Waals surface area contributed by atoms with Gasteiger partial charge in [0.25, 0.3) is 5.91 Å². The van der Waals surface area contributed by atoms with E-state index in [0.29, 0.717) is 17.9 Å². The van der Waals surface area contributed by atoms with Gasteiger partial charge in [-0.25, -0.2) is 0 Å². The average molecular weight is 259 g/mol. The molecule has 0 bridgehead atoms. The molecule has 0 aliphatic rings. The molecule has 100 valence electrons. The number of hydrogen-bond acceptors (Lipinski definition) is 3. The van der Waals surface area contributed by atoms with Gasteiger partial charge < -0.3 is 14.5 Å². The second-order valence-electron chi connectivity index (χ2n) is 4.99. The van der Waals surface area contributed by atoms with Crippen LogP contribution in [0.3, 0.4) is 0 Å². The minimum Gasteiger partial charge on any atom is -0.451 e. The molecule has 0 saturated carbocycles. The first kappa shape index (κ1) is 13.3. The van der Waals surface area contributed by atoms with Crippen molar-refractivity contribution in [3.8, 4) is 0 Å². The molecule has 1 aromatic heterocycles. The van der Waals surface area contributed by atoms with E-state index in [0.717, 1.165) is 11.7 Å². The first-order valence-electron chi connectivity index (χ1n) is 6.35. The summed E-state index contributed by atoms with van der Waals surface area (Å²) in [5.41, 5.74) is 0.666. The minimum atomic E-state index is -0.472. The highest BCUT2D eigenvalue weighted by molar-refractivity contribution is 5.97. The highest BCUT2D eigenvalue weighted by Gasteiger charge is 2.17. The summed E-state index contributed by atoms with van der Waals surface area (Å²) >= 11 is 0. The largest absolute Gasteiger partial charge is 0.451 e. The van der Waals surface area contributed by atoms with Crippen molar-refractivity contribution < 1.29 is 14.0 Å². The van der Waals surface area contributed by atoms with E-state index >= 15 is 0 Å². The van der Waals surface area contributed by atoms with Crippen LogP contribution < -0.4 is 5.32 Å². The van der Waals surface area contributed by atoms with E-state index in [9.17, 15) is 9.59 Å². The fourth-order valence-electron chi connectivity index (χ4n) is 1.99. The van der Waals surface area contributed by atoms with E-state index in [-0.39, 0.29) is 11.7 Å². The molecule has 0 spiro atoms. The predicted octanol–water partition coefficient (Wildman–Crippen LogP) is 2.78. The van der Waals surface area contributed by atoms with Gasteiger partial charge >= 0.3 is 0 Å². The number of fused-ring (bicyclic) bond motifs is 1. The molecule has 1 aromatic carbocycles. The van der Waals surface area contributed by atoms with E-state index in [1.165, 1.54) is 0 Å². The van der Waals surface area contributed by atoms with Crippen molar-refractivity contribution >= 4 is 23.2 Å². The normalized spacial score (nSPS) is 12.6. The van der Waals surface area contributed by atoms with Gasteiger partial charge in [-0.2, -0.15) is 0 Å². The standard InChI is InChI=1S/C15H17NO3/c1-10(2)7-12(9-17)16-15(18)14-8-11-5-3-4-6-13(11)19-14/h3-6,8-10,12H,7H2,1-2H3,(H,16,18)/t12-/m0/s1. The van der Waals surface area contributed by atoms with Crippen LogP contribution in [0.4, 0.5) is 0 Å². The van der Waals surface area contributed by atoms with Crippen LogP contribution in [0.1, 0.15) is 30.8 Å². The van der Waals surface area contributed by atoms with Gasteiger partial charge in [-0.15, -0.1) is 0 Å². The summed E-state index contributed by atoms with van der Waals surface area (Å²) < 4.78 is 5.45. The summed E-state index contributed by atoms with van der Waals surface area (Å²) in [5, 5.41) is 3.55. The topological polar surface area (TPSA) is 59.3 Å². The fraction of sp³-hybridized carbons (Fsp3) is 0.333. The molecule has 1 atom stereocenters. The molecule has 0 fully saturated rings. The lowest BCUT2D eigenvalue weighted by atomic mass is 10.0. The first-order chi connectivity index (χ1) is 9.10. The molecule has 0 unspecified atom stereocenters. The van der Waals surface area contributed by atoms with Crippen molar-refractivity contribution in [2.75, 3.05) is 0 Å². The number of rotatable bonds is 5. The Hall–Kier alpha value is -2.10. The number of carbonyl (C=O) groups excluding carboxylic acids is 2. The molecule has 0 aliphatic heterocycles. The van der Waals surface area contributed by atoms with Gasteiger partial charge in [0.15, 0.2) is 5.76 Å². The molecule has 4 heteroatoms. The SMILES string of the molecule is CC(C)C[C@@H](C=O)NC(=O)c1cc2ccccc2o1. The maximum absolute atomic E-state index is 12.0. The molecule has 4 nitrogen and oxygen atoms in total. The van der Waals surface area contributed by atoms with Gasteiger partial charge in [-0.1, -0.05) is 32.0 Å². The van der Waals surface area contributed by atoms with Gasteiger partial charge in [-0.3, -0.25) is 4.79 Å². The Morgan fingerprint density at radius 2 is 2.11 bits per heavy atom. The Morgan fingerprint density at radius 1 is 1.37 bits per heavy atom. The number of benzene rings is 1. The molecular weight excluding hydrogens is 242 g/mol. The molecule has 1 N–H and O–H groups in total. The number of para-hydroxylation sites is 1. The maximum atomic E-state index is 12.0. The van der Waals surface area contributed by atoms with Crippen LogP contribution in [-0.2, 0) is 4.79 Å². The fourth-order valence-corrected chi connectivity index (χ4v) is 1.99. The Labute approximate surface area is 111 Å². The lowest BCUT2D eigenvalue weighted by Crippen LogP contribution is -2.36. The molecule has 0 radical (unpaired) electrons. The van der Waals surface area contributed by atoms with Crippen molar-refractivity contribution in [2.45, 2.75) is 26.3 Å². The lowest BCUT2D eigenvalue weighted by Gasteiger charge is -2.13. The van der Waals surface area contributed by atoms with Crippen molar-refractivity contribution in [3.05, 3.63) is 36.1 Å². The lowest BCUT2D eigenvalue weighted by molar-refractivity contribution is -0.109. The van der Waals surface area contributed by atoms with Gasteiger partial charge in [0.1, 0.15) is 11.9 Å². The third-order valence-corrected chi connectivity index (χ3v) is 2.86. The van der Waals surface area contributed by atoms with Gasteiger partial charge in [0.2, 0.25) is 0 Å². The Bertz CT molecular complexity index is 553. The van der Waals surface area contributed by atoms with Crippen LogP contribution in [0.2, 0.25) is 0 Å². The van der Waals surface area contributed by atoms with E-state index in [1.54, 1.807) is 12.1 Å². The molecular formula is C15H17NO3. The summed E-state index contributed by atoms with van der Waals surface area (Å²) in [5.74, 6) is 0.219. The maximum Gasteiger partial charge on any atom is 0.287 e. The molecule has 2 rings (SSSR count). The summed E-state index contributed by atoms with van der Waals surface area (Å²) in [7, 11) is 0. The monoisotopic (exact) mass is 259 g/mol. The van der Waals surface area contributed by atoms with Crippen molar-refractivity contribution in [1.82, 2.24) is 5.32 Å². The van der Waals surface area contributed by atoms with Crippen LogP contribution in [0.15, 0.2) is 34.7 Å². The minimum absolute atomic E-state index is 0.233. The quantitative estimate of drug-likeness (QED) is 0.840. The molecule has 19 heavy (non-hydrogen) atoms. The number of amides is 1. The van der Waals surface area contributed by atoms with E-state index in [4.69, 9.17) is 4.42 Å². The van der Waals surface area contributed by atoms with Crippen LogP contribution in [-0.4, -0.2) is 18.2 Å². The smallest absolute Gasteiger partial charge is 0.287 e. The number of hydrogen-bond donors (Lipinski definition) is 1. The van der Waals surface area contributed by atoms with E-state index in [1.807, 2.05) is 32.0 Å². The second kappa shape index (κ2) is 5.69. The van der Waals surface area contributed by atoms with Gasteiger partial charge in [0, 0.05) is 5.39 Å². The van der Waals surface area contributed by atoms with E-state index in [2.05, 4.69) is 5.32 Å². The number of aldehydes is 1. The average Bonchev–Trinajstić information content (AvgIpc) is 2.81. The molecule has 1 heterocycles. The highest BCUT2D eigenvalue weighted by Crippen LogP contribution is 2.18. The zero-order valence-corrected chi connectivity index (χ0v) is 11.1. The second-order valence-corrected chi connectivity index (χ2v) is 4.99. The summed E-state index contributed by atoms with van der Waals surface area (Å²) in [4.78, 5) is 22.9. The Morgan fingerprint density at radius 3 is 2.74 bits per heavy atom. The third-order valence-electron chi connectivity index (χ3n) is 2.86. The van der Waals surface area contributed by atoms with Crippen molar-refractivity contribution in [2.24, 2.45) is 5.92 Å². The van der Waals surface area contributed by atoms with Crippen molar-refractivity contribution in [3.63, 3.8) is 0 Å². The Balaban J connectivity index is 2.12. The Kier molecular flexibility index (Phi) is 4.00. The zero-order valence-electron chi connectivity index (χ0n) is 11.1. The van der Waals surface area contributed by atoms with Crippen LogP contribution in [0.25, 0.3) is 11.0 Å². The molecule has 2 aromatic rings.